The number of aromatic nitrogens is 2. The molecule has 2 heterocycles. The predicted molar refractivity (Wildman–Crippen MR) is 106 cm³/mol. The smallest absolute Gasteiger partial charge is 0.359 e. The molecule has 1 atom stereocenters. The van der Waals surface area contributed by atoms with Crippen LogP contribution >= 0.6 is 0 Å². The van der Waals surface area contributed by atoms with E-state index in [1.54, 1.807) is 38.1 Å². The number of esters is 1. The monoisotopic (exact) mass is 421 g/mol. The van der Waals surface area contributed by atoms with Crippen LogP contribution < -0.4 is 5.56 Å². The minimum atomic E-state index is -3.14. The molecule has 0 aliphatic carbocycles. The maximum Gasteiger partial charge on any atom is 0.359 e. The summed E-state index contributed by atoms with van der Waals surface area (Å²) in [5.74, 6) is -1.30. The van der Waals surface area contributed by atoms with Crippen molar-refractivity contribution in [3.63, 3.8) is 0 Å². The maximum atomic E-state index is 12.6. The first-order valence-corrected chi connectivity index (χ1v) is 11.3. The molecule has 0 N–H and O–H groups in total. The Bertz CT molecular complexity index is 1110. The maximum absolute atomic E-state index is 12.6. The Hall–Kier alpha value is -2.75. The highest BCUT2D eigenvalue weighted by atomic mass is 32.2. The van der Waals surface area contributed by atoms with Gasteiger partial charge in [0, 0.05) is 24.5 Å². The van der Waals surface area contributed by atoms with Gasteiger partial charge in [0.05, 0.1) is 16.9 Å². The first kappa shape index (κ1) is 21.0. The molecule has 0 spiro atoms. The fraction of sp³-hybridized carbons (Fsp3) is 0.474. The number of benzene rings is 1. The third-order valence-electron chi connectivity index (χ3n) is 5.00. The van der Waals surface area contributed by atoms with Gasteiger partial charge in [0.15, 0.2) is 22.1 Å². The fourth-order valence-corrected chi connectivity index (χ4v) is 5.27. The molecule has 29 heavy (non-hydrogen) atoms. The van der Waals surface area contributed by atoms with Crippen molar-refractivity contribution in [2.75, 3.05) is 24.7 Å². The normalized spacial score (nSPS) is 17.9. The summed E-state index contributed by atoms with van der Waals surface area (Å²) in [6.07, 6.45) is 0.378. The molecule has 10 heteroatoms. The van der Waals surface area contributed by atoms with Gasteiger partial charge < -0.3 is 9.64 Å². The van der Waals surface area contributed by atoms with Crippen LogP contribution in [0.4, 0.5) is 0 Å². The molecule has 9 nitrogen and oxygen atoms in total. The molecular weight excluding hydrogens is 398 g/mol. The summed E-state index contributed by atoms with van der Waals surface area (Å²) in [5, 5.41) is 4.78. The van der Waals surface area contributed by atoms with Crippen molar-refractivity contribution in [3.8, 4) is 0 Å². The quantitative estimate of drug-likeness (QED) is 0.628. The summed E-state index contributed by atoms with van der Waals surface area (Å²) in [4.78, 5) is 38.9. The molecule has 1 amide bonds. The lowest BCUT2D eigenvalue weighted by molar-refractivity contribution is -0.136. The molecule has 1 saturated heterocycles. The Balaban J connectivity index is 1.78. The molecule has 3 rings (SSSR count). The number of hydrogen-bond donors (Lipinski definition) is 0. The SMILES string of the molecule is CCN(C(=O)COC(=O)c1nn(CC)c(=O)c2ccccc12)[C@@H]1CCS(=O)(=O)C1. The molecule has 1 aliphatic heterocycles. The predicted octanol–water partition coefficient (Wildman–Crippen LogP) is 0.609. The van der Waals surface area contributed by atoms with Gasteiger partial charge in [-0.05, 0) is 26.3 Å². The van der Waals surface area contributed by atoms with Crippen LogP contribution in [0.1, 0.15) is 30.8 Å². The Morgan fingerprint density at radius 1 is 1.24 bits per heavy atom. The van der Waals surface area contributed by atoms with E-state index >= 15 is 0 Å². The largest absolute Gasteiger partial charge is 0.451 e. The second-order valence-electron chi connectivity index (χ2n) is 6.83. The average molecular weight is 421 g/mol. The lowest BCUT2D eigenvalue weighted by Crippen LogP contribution is -2.43. The number of likely N-dealkylation sites (N-methyl/N-ethyl adjacent to an activating group) is 1. The third-order valence-corrected chi connectivity index (χ3v) is 6.75. The van der Waals surface area contributed by atoms with E-state index in [1.165, 1.54) is 9.58 Å². The molecule has 1 aromatic carbocycles. The van der Waals surface area contributed by atoms with Gasteiger partial charge in [-0.2, -0.15) is 5.10 Å². The van der Waals surface area contributed by atoms with Crippen molar-refractivity contribution < 1.29 is 22.7 Å². The highest BCUT2D eigenvalue weighted by molar-refractivity contribution is 7.91. The molecule has 0 radical (unpaired) electrons. The average Bonchev–Trinajstić information content (AvgIpc) is 3.06. The number of hydrogen-bond acceptors (Lipinski definition) is 7. The van der Waals surface area contributed by atoms with Crippen molar-refractivity contribution in [1.82, 2.24) is 14.7 Å². The van der Waals surface area contributed by atoms with Crippen LogP contribution in [0.3, 0.4) is 0 Å². The van der Waals surface area contributed by atoms with Crippen molar-refractivity contribution >= 4 is 32.5 Å². The zero-order valence-electron chi connectivity index (χ0n) is 16.3. The number of aryl methyl sites for hydroxylation is 1. The fourth-order valence-electron chi connectivity index (χ4n) is 3.54. The van der Waals surface area contributed by atoms with Gasteiger partial charge in [-0.25, -0.2) is 17.9 Å². The number of rotatable bonds is 6. The van der Waals surface area contributed by atoms with Crippen molar-refractivity contribution in [2.45, 2.75) is 32.9 Å². The van der Waals surface area contributed by atoms with Gasteiger partial charge in [0.25, 0.3) is 11.5 Å². The zero-order chi connectivity index (χ0) is 21.2. The van der Waals surface area contributed by atoms with E-state index in [0.29, 0.717) is 23.7 Å². The number of nitrogens with zero attached hydrogens (tertiary/aromatic N) is 3. The van der Waals surface area contributed by atoms with Crippen LogP contribution in [0.2, 0.25) is 0 Å². The molecule has 1 aliphatic rings. The van der Waals surface area contributed by atoms with Crippen LogP contribution in [-0.4, -0.2) is 65.7 Å². The molecular formula is C19H23N3O6S. The van der Waals surface area contributed by atoms with E-state index in [4.69, 9.17) is 4.74 Å². The number of carbonyl (C=O) groups is 2. The first-order valence-electron chi connectivity index (χ1n) is 9.44. The van der Waals surface area contributed by atoms with E-state index in [-0.39, 0.29) is 29.3 Å². The van der Waals surface area contributed by atoms with Gasteiger partial charge in [0.1, 0.15) is 0 Å². The lowest BCUT2D eigenvalue weighted by atomic mass is 10.1. The summed E-state index contributed by atoms with van der Waals surface area (Å²) in [5.41, 5.74) is -0.350. The van der Waals surface area contributed by atoms with Gasteiger partial charge in [-0.1, -0.05) is 18.2 Å². The van der Waals surface area contributed by atoms with Gasteiger partial charge in [0.2, 0.25) is 0 Å². The summed E-state index contributed by atoms with van der Waals surface area (Å²) < 4.78 is 29.7. The zero-order valence-corrected chi connectivity index (χ0v) is 17.1. The number of ether oxygens (including phenoxy) is 1. The summed E-state index contributed by atoms with van der Waals surface area (Å²) in [6, 6.07) is 6.17. The lowest BCUT2D eigenvalue weighted by Gasteiger charge is -2.26. The second kappa shape index (κ2) is 8.32. The van der Waals surface area contributed by atoms with Crippen LogP contribution in [0.15, 0.2) is 29.1 Å². The van der Waals surface area contributed by atoms with Crippen molar-refractivity contribution in [2.24, 2.45) is 0 Å². The minimum Gasteiger partial charge on any atom is -0.451 e. The van der Waals surface area contributed by atoms with Crippen LogP contribution in [0, 0.1) is 0 Å². The van der Waals surface area contributed by atoms with E-state index in [1.807, 2.05) is 0 Å². The Kier molecular flexibility index (Phi) is 6.02. The molecule has 156 valence electrons. The van der Waals surface area contributed by atoms with E-state index < -0.39 is 34.4 Å². The van der Waals surface area contributed by atoms with Crippen molar-refractivity contribution in [3.05, 3.63) is 40.3 Å². The molecule has 0 bridgehead atoms. The summed E-state index contributed by atoms with van der Waals surface area (Å²) >= 11 is 0. The summed E-state index contributed by atoms with van der Waals surface area (Å²) in [7, 11) is -3.14. The Morgan fingerprint density at radius 2 is 1.93 bits per heavy atom. The molecule has 0 saturated carbocycles. The standard InChI is InChI=1S/C19H23N3O6S/c1-3-21(13-9-10-29(26,27)12-13)16(23)11-28-19(25)17-14-7-5-6-8-15(14)18(24)22(4-2)20-17/h5-8,13H,3-4,9-12H2,1-2H3/t13-/m1/s1. The van der Waals surface area contributed by atoms with Crippen LogP contribution in [-0.2, 0) is 25.9 Å². The van der Waals surface area contributed by atoms with Gasteiger partial charge in [-0.15, -0.1) is 0 Å². The number of amides is 1. The molecule has 2 aromatic rings. The molecule has 0 unspecified atom stereocenters. The van der Waals surface area contributed by atoms with Crippen LogP contribution in [0.25, 0.3) is 10.8 Å². The van der Waals surface area contributed by atoms with Gasteiger partial charge >= 0.3 is 5.97 Å². The summed E-state index contributed by atoms with van der Waals surface area (Å²) in [6.45, 7) is 3.55. The topological polar surface area (TPSA) is 116 Å². The second-order valence-corrected chi connectivity index (χ2v) is 9.06. The molecule has 1 fully saturated rings. The van der Waals surface area contributed by atoms with Crippen LogP contribution in [0.5, 0.6) is 0 Å². The van der Waals surface area contributed by atoms with E-state index in [2.05, 4.69) is 5.10 Å². The number of fused-ring (bicyclic) bond motifs is 1. The first-order chi connectivity index (χ1) is 13.8. The van der Waals surface area contributed by atoms with E-state index in [0.717, 1.165) is 0 Å². The van der Waals surface area contributed by atoms with Crippen molar-refractivity contribution in [1.29, 1.82) is 0 Å². The molecule has 1 aromatic heterocycles. The minimum absolute atomic E-state index is 0.0404. The highest BCUT2D eigenvalue weighted by Gasteiger charge is 2.34. The Labute approximate surface area is 168 Å². The number of carbonyl (C=O) groups excluding carboxylic acids is 2. The third kappa shape index (κ3) is 4.31. The number of sulfone groups is 1. The highest BCUT2D eigenvalue weighted by Crippen LogP contribution is 2.18. The Morgan fingerprint density at radius 3 is 2.52 bits per heavy atom. The van der Waals surface area contributed by atoms with Gasteiger partial charge in [-0.3, -0.25) is 9.59 Å². The van der Waals surface area contributed by atoms with E-state index in [9.17, 15) is 22.8 Å².